The lowest BCUT2D eigenvalue weighted by molar-refractivity contribution is 0.0605. The second kappa shape index (κ2) is 6.44. The Morgan fingerprint density at radius 1 is 1.26 bits per heavy atom. The van der Waals surface area contributed by atoms with Crippen LogP contribution in [0.4, 0.5) is 5.69 Å². The van der Waals surface area contributed by atoms with Gasteiger partial charge in [-0.05, 0) is 25.0 Å². The maximum Gasteiger partial charge on any atom is 0.143 e. The molecule has 0 spiro atoms. The molecule has 0 heterocycles. The minimum absolute atomic E-state index is 0.199. The van der Waals surface area contributed by atoms with Gasteiger partial charge in [-0.25, -0.2) is 0 Å². The lowest BCUT2D eigenvalue weighted by Gasteiger charge is -2.32. The third-order valence-corrected chi connectivity index (χ3v) is 3.70. The van der Waals surface area contributed by atoms with Crippen molar-refractivity contribution in [1.82, 2.24) is 0 Å². The Labute approximate surface area is 114 Å². The Balaban J connectivity index is 2.24. The molecule has 0 saturated heterocycles. The number of anilines is 1. The zero-order valence-corrected chi connectivity index (χ0v) is 11.5. The molecule has 1 aliphatic carbocycles. The Kier molecular flexibility index (Phi) is 4.64. The summed E-state index contributed by atoms with van der Waals surface area (Å²) in [5.74, 6) is 0.708. The summed E-state index contributed by atoms with van der Waals surface area (Å²) in [6.45, 7) is 0. The minimum atomic E-state index is 0.199. The lowest BCUT2D eigenvalue weighted by atomic mass is 9.92. The predicted molar refractivity (Wildman–Crippen MR) is 74.4 cm³/mol. The van der Waals surface area contributed by atoms with Gasteiger partial charge in [0.05, 0.1) is 30.5 Å². The van der Waals surface area contributed by atoms with Crippen molar-refractivity contribution in [2.45, 2.75) is 37.8 Å². The molecule has 1 N–H and O–H groups in total. The van der Waals surface area contributed by atoms with Crippen molar-refractivity contribution in [1.29, 1.82) is 5.26 Å². The summed E-state index contributed by atoms with van der Waals surface area (Å²) in [5, 5.41) is 12.7. The number of ether oxygens (including phenoxy) is 2. The Hall–Kier alpha value is -1.73. The van der Waals surface area contributed by atoms with E-state index in [2.05, 4.69) is 11.4 Å². The van der Waals surface area contributed by atoms with Gasteiger partial charge in [-0.1, -0.05) is 18.9 Å². The highest BCUT2D eigenvalue weighted by Gasteiger charge is 2.26. The van der Waals surface area contributed by atoms with Crippen LogP contribution in [0, 0.1) is 11.3 Å². The van der Waals surface area contributed by atoms with Crippen molar-refractivity contribution < 1.29 is 9.47 Å². The van der Waals surface area contributed by atoms with Crippen molar-refractivity contribution in [3.63, 3.8) is 0 Å². The van der Waals surface area contributed by atoms with Crippen LogP contribution in [0.5, 0.6) is 5.75 Å². The van der Waals surface area contributed by atoms with Crippen LogP contribution in [-0.2, 0) is 4.74 Å². The second-order valence-electron chi connectivity index (χ2n) is 4.80. The van der Waals surface area contributed by atoms with Gasteiger partial charge in [-0.3, -0.25) is 0 Å². The molecule has 1 saturated carbocycles. The van der Waals surface area contributed by atoms with Gasteiger partial charge in [0.1, 0.15) is 11.8 Å². The minimum Gasteiger partial charge on any atom is -0.495 e. The van der Waals surface area contributed by atoms with Crippen LogP contribution in [0.3, 0.4) is 0 Å². The van der Waals surface area contributed by atoms with E-state index in [1.165, 1.54) is 12.8 Å². The molecule has 1 fully saturated rings. The van der Waals surface area contributed by atoms with E-state index in [-0.39, 0.29) is 12.1 Å². The topological polar surface area (TPSA) is 54.3 Å². The van der Waals surface area contributed by atoms with Gasteiger partial charge in [-0.15, -0.1) is 0 Å². The Morgan fingerprint density at radius 2 is 2.05 bits per heavy atom. The fraction of sp³-hybridized carbons (Fsp3) is 0.533. The van der Waals surface area contributed by atoms with E-state index >= 15 is 0 Å². The molecular formula is C15H20N2O2. The van der Waals surface area contributed by atoms with E-state index in [4.69, 9.17) is 9.47 Å². The molecule has 1 aromatic rings. The van der Waals surface area contributed by atoms with Crippen LogP contribution < -0.4 is 10.1 Å². The maximum absolute atomic E-state index is 9.21. The average Bonchev–Trinajstić information content (AvgIpc) is 2.48. The molecule has 0 aromatic heterocycles. The fourth-order valence-corrected chi connectivity index (χ4v) is 2.67. The summed E-state index contributed by atoms with van der Waals surface area (Å²) < 4.78 is 10.9. The van der Waals surface area contributed by atoms with Crippen LogP contribution in [0.15, 0.2) is 18.2 Å². The van der Waals surface area contributed by atoms with Crippen molar-refractivity contribution in [3.05, 3.63) is 23.8 Å². The number of hydrogen-bond acceptors (Lipinski definition) is 4. The average molecular weight is 260 g/mol. The molecule has 1 aromatic carbocycles. The predicted octanol–water partition coefficient (Wildman–Crippen LogP) is 2.94. The Bertz CT molecular complexity index is 468. The quantitative estimate of drug-likeness (QED) is 0.904. The van der Waals surface area contributed by atoms with Crippen molar-refractivity contribution in [2.75, 3.05) is 19.5 Å². The molecule has 0 radical (unpaired) electrons. The van der Waals surface area contributed by atoms with Gasteiger partial charge in [0.2, 0.25) is 0 Å². The van der Waals surface area contributed by atoms with Crippen molar-refractivity contribution in [2.24, 2.45) is 0 Å². The van der Waals surface area contributed by atoms with Crippen molar-refractivity contribution in [3.8, 4) is 11.8 Å². The van der Waals surface area contributed by atoms with E-state index in [9.17, 15) is 5.26 Å². The van der Waals surface area contributed by atoms with Crippen molar-refractivity contribution >= 4 is 5.69 Å². The summed E-state index contributed by atoms with van der Waals surface area (Å²) in [6, 6.07) is 7.95. The summed E-state index contributed by atoms with van der Waals surface area (Å²) in [4.78, 5) is 0. The largest absolute Gasteiger partial charge is 0.495 e. The number of hydrogen-bond donors (Lipinski definition) is 1. The monoisotopic (exact) mass is 260 g/mol. The first kappa shape index (κ1) is 13.7. The second-order valence-corrected chi connectivity index (χ2v) is 4.80. The van der Waals surface area contributed by atoms with E-state index < -0.39 is 0 Å². The van der Waals surface area contributed by atoms with Gasteiger partial charge in [-0.2, -0.15) is 5.26 Å². The van der Waals surface area contributed by atoms with Gasteiger partial charge < -0.3 is 14.8 Å². The number of nitrogens with one attached hydrogen (secondary N) is 1. The first-order valence-corrected chi connectivity index (χ1v) is 6.66. The van der Waals surface area contributed by atoms with Crippen LogP contribution in [0.25, 0.3) is 0 Å². The molecule has 0 aliphatic heterocycles. The molecular weight excluding hydrogens is 240 g/mol. The maximum atomic E-state index is 9.21. The highest BCUT2D eigenvalue weighted by molar-refractivity contribution is 5.66. The summed E-state index contributed by atoms with van der Waals surface area (Å²) in [5.41, 5.74) is 1.39. The van der Waals surface area contributed by atoms with E-state index in [1.807, 2.05) is 12.1 Å². The zero-order valence-electron chi connectivity index (χ0n) is 11.5. The Morgan fingerprint density at radius 3 is 2.74 bits per heavy atom. The van der Waals surface area contributed by atoms with Gasteiger partial charge in [0.15, 0.2) is 0 Å². The number of nitriles is 1. The number of nitrogens with zero attached hydrogens (tertiary/aromatic N) is 1. The van der Waals surface area contributed by atoms with Crippen LogP contribution in [0.2, 0.25) is 0 Å². The zero-order chi connectivity index (χ0) is 13.7. The highest BCUT2D eigenvalue weighted by Crippen LogP contribution is 2.32. The molecule has 4 heteroatoms. The summed E-state index contributed by atoms with van der Waals surface area (Å²) >= 11 is 0. The number of para-hydroxylation sites is 1. The number of benzene rings is 1. The molecule has 2 atom stereocenters. The SMILES string of the molecule is COc1cccc(C#N)c1NC1CCCCC1OC. The highest BCUT2D eigenvalue weighted by atomic mass is 16.5. The molecule has 19 heavy (non-hydrogen) atoms. The van der Waals surface area contributed by atoms with Crippen LogP contribution >= 0.6 is 0 Å². The van der Waals surface area contributed by atoms with Gasteiger partial charge >= 0.3 is 0 Å². The van der Waals surface area contributed by atoms with E-state index in [0.29, 0.717) is 11.3 Å². The molecule has 0 amide bonds. The number of methoxy groups -OCH3 is 2. The molecule has 4 nitrogen and oxygen atoms in total. The van der Waals surface area contributed by atoms with Gasteiger partial charge in [0.25, 0.3) is 0 Å². The first-order chi connectivity index (χ1) is 9.30. The third kappa shape index (κ3) is 2.99. The normalized spacial score (nSPS) is 22.6. The van der Waals surface area contributed by atoms with E-state index in [0.717, 1.165) is 18.5 Å². The van der Waals surface area contributed by atoms with E-state index in [1.54, 1.807) is 20.3 Å². The molecule has 2 unspecified atom stereocenters. The van der Waals surface area contributed by atoms with Crippen LogP contribution in [0.1, 0.15) is 31.2 Å². The van der Waals surface area contributed by atoms with Gasteiger partial charge in [0, 0.05) is 7.11 Å². The summed E-state index contributed by atoms with van der Waals surface area (Å²) in [6.07, 6.45) is 4.71. The third-order valence-electron chi connectivity index (χ3n) is 3.70. The summed E-state index contributed by atoms with van der Waals surface area (Å²) in [7, 11) is 3.37. The molecule has 0 bridgehead atoms. The number of rotatable bonds is 4. The smallest absolute Gasteiger partial charge is 0.143 e. The standard InChI is InChI=1S/C15H20N2O2/c1-18-13-8-4-3-7-12(13)17-15-11(10-16)6-5-9-14(15)19-2/h5-6,9,12-13,17H,3-4,7-8H2,1-2H3. The molecule has 1 aliphatic rings. The molecule has 102 valence electrons. The van der Waals surface area contributed by atoms with Crippen LogP contribution in [-0.4, -0.2) is 26.4 Å². The molecule has 2 rings (SSSR count). The lowest BCUT2D eigenvalue weighted by Crippen LogP contribution is -2.38. The first-order valence-electron chi connectivity index (χ1n) is 6.66. The fourth-order valence-electron chi connectivity index (χ4n) is 2.67.